The minimum absolute atomic E-state index is 0.402. The number of benzene rings is 1. The van der Waals surface area contributed by atoms with Gasteiger partial charge in [0.15, 0.2) is 0 Å². The van der Waals surface area contributed by atoms with Crippen LogP contribution in [0.25, 0.3) is 10.9 Å². The lowest BCUT2D eigenvalue weighted by atomic mass is 10.0. The molecule has 0 aliphatic heterocycles. The number of rotatable bonds is 6. The van der Waals surface area contributed by atoms with Crippen LogP contribution in [0.5, 0.6) is 0 Å². The Morgan fingerprint density at radius 2 is 2.11 bits per heavy atom. The SMILES string of the molecule is CCNC(CCN(C)C)c1ccc2cccnc2c1. The van der Waals surface area contributed by atoms with Crippen LogP contribution in [0, 0.1) is 0 Å². The lowest BCUT2D eigenvalue weighted by molar-refractivity contribution is 0.363. The van der Waals surface area contributed by atoms with E-state index in [1.807, 2.05) is 12.3 Å². The van der Waals surface area contributed by atoms with Gasteiger partial charge >= 0.3 is 0 Å². The van der Waals surface area contributed by atoms with E-state index >= 15 is 0 Å². The molecule has 19 heavy (non-hydrogen) atoms. The van der Waals surface area contributed by atoms with Crippen LogP contribution in [0.2, 0.25) is 0 Å². The molecule has 1 aromatic heterocycles. The second kappa shape index (κ2) is 6.64. The van der Waals surface area contributed by atoms with Crippen LogP contribution < -0.4 is 5.32 Å². The number of hydrogen-bond acceptors (Lipinski definition) is 3. The molecule has 3 nitrogen and oxygen atoms in total. The van der Waals surface area contributed by atoms with Gasteiger partial charge < -0.3 is 10.2 Å². The summed E-state index contributed by atoms with van der Waals surface area (Å²) < 4.78 is 0. The molecule has 0 saturated heterocycles. The average Bonchev–Trinajstić information content (AvgIpc) is 2.42. The maximum atomic E-state index is 4.44. The van der Waals surface area contributed by atoms with Crippen LogP contribution in [0.15, 0.2) is 36.5 Å². The Kier molecular flexibility index (Phi) is 4.88. The molecule has 1 N–H and O–H groups in total. The summed E-state index contributed by atoms with van der Waals surface area (Å²) in [5.74, 6) is 0. The van der Waals surface area contributed by atoms with E-state index in [-0.39, 0.29) is 0 Å². The van der Waals surface area contributed by atoms with E-state index in [2.05, 4.69) is 60.5 Å². The van der Waals surface area contributed by atoms with Crippen molar-refractivity contribution in [3.05, 3.63) is 42.1 Å². The fourth-order valence-electron chi connectivity index (χ4n) is 2.32. The highest BCUT2D eigenvalue weighted by Crippen LogP contribution is 2.21. The summed E-state index contributed by atoms with van der Waals surface area (Å²) >= 11 is 0. The minimum atomic E-state index is 0.402. The van der Waals surface area contributed by atoms with Crippen molar-refractivity contribution in [1.82, 2.24) is 15.2 Å². The van der Waals surface area contributed by atoms with Gasteiger partial charge in [-0.25, -0.2) is 0 Å². The van der Waals surface area contributed by atoms with E-state index in [4.69, 9.17) is 0 Å². The molecule has 1 aromatic carbocycles. The van der Waals surface area contributed by atoms with E-state index in [0.717, 1.165) is 25.0 Å². The number of nitrogens with zero attached hydrogens (tertiary/aromatic N) is 2. The molecule has 1 atom stereocenters. The highest BCUT2D eigenvalue weighted by molar-refractivity contribution is 5.78. The van der Waals surface area contributed by atoms with Gasteiger partial charge in [-0.2, -0.15) is 0 Å². The highest BCUT2D eigenvalue weighted by Gasteiger charge is 2.11. The Balaban J connectivity index is 2.22. The van der Waals surface area contributed by atoms with Crippen LogP contribution in [0.4, 0.5) is 0 Å². The van der Waals surface area contributed by atoms with Gasteiger partial charge in [-0.05, 0) is 51.3 Å². The van der Waals surface area contributed by atoms with Crippen molar-refractivity contribution in [2.45, 2.75) is 19.4 Å². The van der Waals surface area contributed by atoms with Gasteiger partial charge in [0.1, 0.15) is 0 Å². The van der Waals surface area contributed by atoms with E-state index in [1.165, 1.54) is 10.9 Å². The van der Waals surface area contributed by atoms with E-state index in [0.29, 0.717) is 6.04 Å². The van der Waals surface area contributed by atoms with Gasteiger partial charge in [0.05, 0.1) is 5.52 Å². The molecule has 0 aliphatic carbocycles. The Bertz CT molecular complexity index is 522. The van der Waals surface area contributed by atoms with Crippen LogP contribution in [-0.2, 0) is 0 Å². The summed E-state index contributed by atoms with van der Waals surface area (Å²) in [6.45, 7) is 4.22. The quantitative estimate of drug-likeness (QED) is 0.862. The average molecular weight is 257 g/mol. The molecule has 1 heterocycles. The summed E-state index contributed by atoms with van der Waals surface area (Å²) in [4.78, 5) is 6.67. The fraction of sp³-hybridized carbons (Fsp3) is 0.438. The summed E-state index contributed by atoms with van der Waals surface area (Å²) in [5.41, 5.74) is 2.41. The van der Waals surface area contributed by atoms with E-state index < -0.39 is 0 Å². The third kappa shape index (κ3) is 3.75. The summed E-state index contributed by atoms with van der Waals surface area (Å²) in [6.07, 6.45) is 2.97. The van der Waals surface area contributed by atoms with Gasteiger partial charge in [0.25, 0.3) is 0 Å². The first kappa shape index (κ1) is 14.0. The number of fused-ring (bicyclic) bond motifs is 1. The zero-order chi connectivity index (χ0) is 13.7. The van der Waals surface area contributed by atoms with Crippen molar-refractivity contribution >= 4 is 10.9 Å². The molecular formula is C16H23N3. The maximum Gasteiger partial charge on any atom is 0.0705 e. The zero-order valence-corrected chi connectivity index (χ0v) is 12.1. The van der Waals surface area contributed by atoms with E-state index in [9.17, 15) is 0 Å². The first-order valence-corrected chi connectivity index (χ1v) is 6.93. The highest BCUT2D eigenvalue weighted by atomic mass is 15.1. The maximum absolute atomic E-state index is 4.44. The summed E-state index contributed by atoms with van der Waals surface area (Å²) in [7, 11) is 4.23. The Labute approximate surface area is 115 Å². The van der Waals surface area contributed by atoms with Crippen molar-refractivity contribution in [2.75, 3.05) is 27.2 Å². The minimum Gasteiger partial charge on any atom is -0.310 e. The molecule has 0 saturated carbocycles. The molecule has 0 spiro atoms. The largest absolute Gasteiger partial charge is 0.310 e. The summed E-state index contributed by atoms with van der Waals surface area (Å²) in [5, 5.41) is 4.77. The molecule has 102 valence electrons. The number of pyridine rings is 1. The topological polar surface area (TPSA) is 28.2 Å². The van der Waals surface area contributed by atoms with Crippen LogP contribution in [0.1, 0.15) is 24.9 Å². The molecule has 0 bridgehead atoms. The normalized spacial score (nSPS) is 13.1. The van der Waals surface area contributed by atoms with Gasteiger partial charge in [-0.3, -0.25) is 4.98 Å². The molecule has 0 radical (unpaired) electrons. The lowest BCUT2D eigenvalue weighted by Gasteiger charge is -2.20. The Hall–Kier alpha value is -1.45. The van der Waals surface area contributed by atoms with Gasteiger partial charge in [0.2, 0.25) is 0 Å². The molecule has 0 aliphatic rings. The molecule has 2 aromatic rings. The van der Waals surface area contributed by atoms with Crippen molar-refractivity contribution in [3.8, 4) is 0 Å². The smallest absolute Gasteiger partial charge is 0.0705 e. The van der Waals surface area contributed by atoms with Crippen LogP contribution in [0.3, 0.4) is 0 Å². The lowest BCUT2D eigenvalue weighted by Crippen LogP contribution is -2.25. The second-order valence-corrected chi connectivity index (χ2v) is 5.16. The first-order valence-electron chi connectivity index (χ1n) is 6.93. The van der Waals surface area contributed by atoms with Crippen molar-refractivity contribution in [3.63, 3.8) is 0 Å². The standard InChI is InChI=1S/C16H23N3/c1-4-17-15(9-11-19(2)3)14-8-7-13-6-5-10-18-16(13)12-14/h5-8,10,12,15,17H,4,9,11H2,1-3H3. The Morgan fingerprint density at radius 3 is 2.84 bits per heavy atom. The van der Waals surface area contributed by atoms with Gasteiger partial charge in [0, 0.05) is 17.6 Å². The molecule has 3 heteroatoms. The third-order valence-corrected chi connectivity index (χ3v) is 3.35. The van der Waals surface area contributed by atoms with E-state index in [1.54, 1.807) is 0 Å². The Morgan fingerprint density at radius 1 is 1.26 bits per heavy atom. The molecule has 1 unspecified atom stereocenters. The van der Waals surface area contributed by atoms with Gasteiger partial charge in [-0.15, -0.1) is 0 Å². The molecule has 0 amide bonds. The second-order valence-electron chi connectivity index (χ2n) is 5.16. The van der Waals surface area contributed by atoms with Crippen molar-refractivity contribution < 1.29 is 0 Å². The zero-order valence-electron chi connectivity index (χ0n) is 12.1. The third-order valence-electron chi connectivity index (χ3n) is 3.35. The van der Waals surface area contributed by atoms with Crippen molar-refractivity contribution in [1.29, 1.82) is 0 Å². The predicted octanol–water partition coefficient (Wildman–Crippen LogP) is 2.84. The molecular weight excluding hydrogens is 234 g/mol. The van der Waals surface area contributed by atoms with Crippen LogP contribution >= 0.6 is 0 Å². The molecule has 0 fully saturated rings. The fourth-order valence-corrected chi connectivity index (χ4v) is 2.32. The van der Waals surface area contributed by atoms with Gasteiger partial charge in [-0.1, -0.05) is 25.1 Å². The monoisotopic (exact) mass is 257 g/mol. The van der Waals surface area contributed by atoms with Crippen molar-refractivity contribution in [2.24, 2.45) is 0 Å². The number of nitrogens with one attached hydrogen (secondary N) is 1. The summed E-state index contributed by atoms with van der Waals surface area (Å²) in [6, 6.07) is 11.1. The number of aromatic nitrogens is 1. The van der Waals surface area contributed by atoms with Crippen LogP contribution in [-0.4, -0.2) is 37.1 Å². The predicted molar refractivity (Wildman–Crippen MR) is 81.3 cm³/mol. The first-order chi connectivity index (χ1) is 9.20. The number of hydrogen-bond donors (Lipinski definition) is 1. The molecule has 2 rings (SSSR count).